The van der Waals surface area contributed by atoms with Crippen molar-refractivity contribution >= 4 is 23.1 Å². The van der Waals surface area contributed by atoms with Crippen LogP contribution in [0.15, 0.2) is 48.9 Å². The molecular formula is C26H29F2N6O2+. The van der Waals surface area contributed by atoms with Gasteiger partial charge in [0.25, 0.3) is 5.91 Å². The van der Waals surface area contributed by atoms with Crippen LogP contribution in [0.25, 0.3) is 16.9 Å². The number of carbonyl (C=O) groups excluding carboxylic acids is 1. The molecule has 0 radical (unpaired) electrons. The summed E-state index contributed by atoms with van der Waals surface area (Å²) in [4.78, 5) is 21.6. The van der Waals surface area contributed by atoms with Crippen LogP contribution in [-0.4, -0.2) is 39.5 Å². The quantitative estimate of drug-likeness (QED) is 0.345. The van der Waals surface area contributed by atoms with Gasteiger partial charge in [0, 0.05) is 29.2 Å². The normalized spacial score (nSPS) is 11.5. The van der Waals surface area contributed by atoms with Gasteiger partial charge in [-0.05, 0) is 56.2 Å². The number of hydrogen-bond acceptors (Lipinski definition) is 5. The molecule has 0 aliphatic heterocycles. The third kappa shape index (κ3) is 4.72. The van der Waals surface area contributed by atoms with Crippen LogP contribution in [0, 0.1) is 11.6 Å². The summed E-state index contributed by atoms with van der Waals surface area (Å²) in [5.41, 5.74) is 6.49. The molecule has 2 aromatic carbocycles. The molecule has 36 heavy (non-hydrogen) atoms. The Morgan fingerprint density at radius 2 is 1.94 bits per heavy atom. The molecule has 0 atom stereocenters. The number of imidazole rings is 1. The largest absolute Gasteiger partial charge is 0.494 e. The number of amides is 1. The number of fused-ring (bicyclic) bond motifs is 1. The second-order valence-corrected chi connectivity index (χ2v) is 8.99. The molecule has 2 heterocycles. The maximum absolute atomic E-state index is 14.7. The summed E-state index contributed by atoms with van der Waals surface area (Å²) in [6.07, 6.45) is 5.28. The Morgan fingerprint density at radius 1 is 1.17 bits per heavy atom. The number of methoxy groups -OCH3 is 1. The van der Waals surface area contributed by atoms with Crippen LogP contribution < -0.4 is 21.1 Å². The Bertz CT molecular complexity index is 1430. The lowest BCUT2D eigenvalue weighted by Crippen LogP contribution is -2.65. The van der Waals surface area contributed by atoms with Crippen LogP contribution in [0.3, 0.4) is 0 Å². The van der Waals surface area contributed by atoms with E-state index in [0.717, 1.165) is 5.56 Å². The minimum absolute atomic E-state index is 0.0480. The summed E-state index contributed by atoms with van der Waals surface area (Å²) in [5, 5.41) is 6.24. The second-order valence-electron chi connectivity index (χ2n) is 8.99. The minimum atomic E-state index is -1.06. The number of nitrogens with one attached hydrogen (secondary N) is 2. The highest BCUT2D eigenvalue weighted by Gasteiger charge is 2.23. The number of nitrogens with zero attached hydrogens (tertiary/aromatic N) is 3. The molecule has 0 spiro atoms. The zero-order valence-electron chi connectivity index (χ0n) is 20.7. The molecule has 4 aromatic rings. The first kappa shape index (κ1) is 25.1. The smallest absolute Gasteiger partial charge is 0.252 e. The van der Waals surface area contributed by atoms with Crippen LogP contribution in [0.5, 0.6) is 5.75 Å². The summed E-state index contributed by atoms with van der Waals surface area (Å²) in [5.74, 6) is -1.99. The molecule has 0 saturated carbocycles. The Balaban J connectivity index is 1.67. The number of quaternary nitrogens is 1. The monoisotopic (exact) mass is 495 g/mol. The first-order valence-electron chi connectivity index (χ1n) is 11.5. The van der Waals surface area contributed by atoms with Gasteiger partial charge < -0.3 is 21.1 Å². The SMILES string of the molecule is CCc1cc(Nc2nccn3c(-c4ccc(OC)c(F)c4F)cnc23)ccc1C(=O)NC(C)(C)C[NH3+]. The lowest BCUT2D eigenvalue weighted by Gasteiger charge is -2.23. The molecule has 4 rings (SSSR count). The van der Waals surface area contributed by atoms with Gasteiger partial charge in [-0.2, -0.15) is 4.39 Å². The molecule has 5 N–H and O–H groups in total. The summed E-state index contributed by atoms with van der Waals surface area (Å²) < 4.78 is 35.5. The fourth-order valence-corrected chi connectivity index (χ4v) is 3.85. The zero-order chi connectivity index (χ0) is 26.0. The van der Waals surface area contributed by atoms with Crippen LogP contribution in [-0.2, 0) is 6.42 Å². The van der Waals surface area contributed by atoms with Crippen molar-refractivity contribution in [1.29, 1.82) is 0 Å². The van der Waals surface area contributed by atoms with E-state index in [1.807, 2.05) is 26.8 Å². The lowest BCUT2D eigenvalue weighted by atomic mass is 10.0. The number of anilines is 2. The van der Waals surface area contributed by atoms with Crippen LogP contribution in [0.2, 0.25) is 0 Å². The highest BCUT2D eigenvalue weighted by Crippen LogP contribution is 2.31. The number of rotatable bonds is 8. The number of carbonyl (C=O) groups is 1. The third-order valence-electron chi connectivity index (χ3n) is 6.04. The van der Waals surface area contributed by atoms with E-state index in [9.17, 15) is 13.6 Å². The molecule has 10 heteroatoms. The molecule has 0 saturated heterocycles. The summed E-state index contributed by atoms with van der Waals surface area (Å²) in [6, 6.07) is 8.26. The number of aromatic nitrogens is 3. The molecule has 0 unspecified atom stereocenters. The van der Waals surface area contributed by atoms with Gasteiger partial charge in [0.1, 0.15) is 0 Å². The molecular weight excluding hydrogens is 466 g/mol. The molecule has 0 aliphatic carbocycles. The molecule has 2 aromatic heterocycles. The van der Waals surface area contributed by atoms with E-state index in [1.165, 1.54) is 25.4 Å². The summed E-state index contributed by atoms with van der Waals surface area (Å²) in [6.45, 7) is 6.40. The van der Waals surface area contributed by atoms with Crippen LogP contribution in [0.1, 0.15) is 36.7 Å². The maximum atomic E-state index is 14.7. The van der Waals surface area contributed by atoms with E-state index in [1.54, 1.807) is 28.9 Å². The Kier molecular flexibility index (Phi) is 6.89. The molecule has 188 valence electrons. The van der Waals surface area contributed by atoms with Gasteiger partial charge >= 0.3 is 0 Å². The first-order chi connectivity index (χ1) is 17.2. The molecule has 0 bridgehead atoms. The van der Waals surface area contributed by atoms with Crippen molar-refractivity contribution in [2.75, 3.05) is 19.0 Å². The molecule has 0 aliphatic rings. The van der Waals surface area contributed by atoms with Gasteiger partial charge in [0.05, 0.1) is 31.1 Å². The van der Waals surface area contributed by atoms with Crippen LogP contribution >= 0.6 is 0 Å². The highest BCUT2D eigenvalue weighted by atomic mass is 19.2. The summed E-state index contributed by atoms with van der Waals surface area (Å²) in [7, 11) is 1.28. The fraction of sp³-hybridized carbons (Fsp3) is 0.269. The third-order valence-corrected chi connectivity index (χ3v) is 6.04. The number of halogens is 2. The van der Waals surface area contributed by atoms with E-state index in [4.69, 9.17) is 4.74 Å². The van der Waals surface area contributed by atoms with Crippen molar-refractivity contribution in [2.24, 2.45) is 0 Å². The second kappa shape index (κ2) is 9.90. The average molecular weight is 496 g/mol. The van der Waals surface area contributed by atoms with E-state index in [0.29, 0.717) is 41.4 Å². The molecule has 8 nitrogen and oxygen atoms in total. The van der Waals surface area contributed by atoms with Crippen molar-refractivity contribution in [1.82, 2.24) is 19.7 Å². The fourth-order valence-electron chi connectivity index (χ4n) is 3.85. The minimum Gasteiger partial charge on any atom is -0.494 e. The maximum Gasteiger partial charge on any atom is 0.252 e. The molecule has 1 amide bonds. The van der Waals surface area contributed by atoms with Gasteiger partial charge in [-0.1, -0.05) is 6.92 Å². The standard InChI is InChI=1S/C26H28F2N6O2/c1-5-15-12-16(6-7-17(15)25(35)33-26(2,3)14-29)32-23-24-31-13-19(34(24)11-10-30-23)18-8-9-20(36-4)22(28)21(18)27/h6-13H,5,14,29H2,1-4H3,(H,30,32)(H,33,35)/p+1. The Morgan fingerprint density at radius 3 is 2.64 bits per heavy atom. The van der Waals surface area contributed by atoms with Crippen LogP contribution in [0.4, 0.5) is 20.3 Å². The first-order valence-corrected chi connectivity index (χ1v) is 11.5. The van der Waals surface area contributed by atoms with Crippen molar-refractivity contribution in [3.63, 3.8) is 0 Å². The molecule has 0 fully saturated rings. The number of hydrogen-bond donors (Lipinski definition) is 3. The predicted molar refractivity (Wildman–Crippen MR) is 133 cm³/mol. The lowest BCUT2D eigenvalue weighted by molar-refractivity contribution is -0.380. The zero-order valence-corrected chi connectivity index (χ0v) is 20.7. The van der Waals surface area contributed by atoms with Crippen molar-refractivity contribution in [2.45, 2.75) is 32.7 Å². The Hall–Kier alpha value is -4.05. The van der Waals surface area contributed by atoms with Gasteiger partial charge in [0.2, 0.25) is 5.82 Å². The van der Waals surface area contributed by atoms with Gasteiger partial charge in [-0.25, -0.2) is 14.4 Å². The Labute approximate surface area is 207 Å². The van der Waals surface area contributed by atoms with E-state index in [-0.39, 0.29) is 17.2 Å². The number of benzene rings is 2. The van der Waals surface area contributed by atoms with E-state index in [2.05, 4.69) is 26.3 Å². The predicted octanol–water partition coefficient (Wildman–Crippen LogP) is 3.74. The number of ether oxygens (including phenoxy) is 1. The highest BCUT2D eigenvalue weighted by molar-refractivity contribution is 5.96. The van der Waals surface area contributed by atoms with Crippen molar-refractivity contribution in [3.8, 4) is 17.0 Å². The summed E-state index contributed by atoms with van der Waals surface area (Å²) >= 11 is 0. The average Bonchev–Trinajstić information content (AvgIpc) is 3.30. The van der Waals surface area contributed by atoms with E-state index >= 15 is 0 Å². The topological polar surface area (TPSA) is 108 Å². The van der Waals surface area contributed by atoms with Gasteiger partial charge in [0.15, 0.2) is 23.0 Å². The van der Waals surface area contributed by atoms with Gasteiger partial charge in [-0.15, -0.1) is 0 Å². The van der Waals surface area contributed by atoms with Crippen molar-refractivity contribution < 1.29 is 24.0 Å². The van der Waals surface area contributed by atoms with Gasteiger partial charge in [-0.3, -0.25) is 9.20 Å². The van der Waals surface area contributed by atoms with Crippen molar-refractivity contribution in [3.05, 3.63) is 71.7 Å². The number of aryl methyl sites for hydroxylation is 1. The van der Waals surface area contributed by atoms with E-state index < -0.39 is 17.2 Å².